The lowest BCUT2D eigenvalue weighted by molar-refractivity contribution is -0.328. The zero-order valence-corrected chi connectivity index (χ0v) is 20.9. The van der Waals surface area contributed by atoms with E-state index in [1.54, 1.807) is 14.2 Å². The van der Waals surface area contributed by atoms with Crippen molar-refractivity contribution in [1.29, 1.82) is 0 Å². The lowest BCUT2D eigenvalue weighted by Gasteiger charge is -2.47. The summed E-state index contributed by atoms with van der Waals surface area (Å²) in [6.07, 6.45) is 0.732. The van der Waals surface area contributed by atoms with E-state index in [2.05, 4.69) is 20.4 Å². The molecule has 2 rings (SSSR count). The van der Waals surface area contributed by atoms with Crippen LogP contribution in [0.25, 0.3) is 0 Å². The molecule has 0 amide bonds. The summed E-state index contributed by atoms with van der Waals surface area (Å²) in [6.45, 7) is 16.5. The number of cyclic esters (lactones) is 1. The van der Waals surface area contributed by atoms with Gasteiger partial charge >= 0.3 is 5.97 Å². The Kier molecular flexibility index (Phi) is 9.70. The maximum Gasteiger partial charge on any atom is 0.314 e. The van der Waals surface area contributed by atoms with Gasteiger partial charge in [-0.2, -0.15) is 0 Å². The Morgan fingerprint density at radius 3 is 2.41 bits per heavy atom. The van der Waals surface area contributed by atoms with Crippen LogP contribution in [0.4, 0.5) is 0 Å². The molecule has 0 N–H and O–H groups in total. The van der Waals surface area contributed by atoms with Crippen LogP contribution in [0.1, 0.15) is 48.0 Å². The molecular weight excluding hydrogens is 416 g/mol. The van der Waals surface area contributed by atoms with Crippen molar-refractivity contribution < 1.29 is 38.0 Å². The third-order valence-electron chi connectivity index (χ3n) is 6.53. The Balaban J connectivity index is 2.15. The Morgan fingerprint density at radius 2 is 1.81 bits per heavy atom. The molecule has 0 spiro atoms. The molecule has 0 radical (unpaired) electrons. The topological polar surface area (TPSA) is 81.7 Å². The molecule has 2 fully saturated rings. The summed E-state index contributed by atoms with van der Waals surface area (Å²) in [4.78, 5) is 12.6. The molecule has 0 aliphatic carbocycles. The van der Waals surface area contributed by atoms with Crippen LogP contribution in [0, 0.1) is 17.3 Å². The molecule has 0 unspecified atom stereocenters. The molecule has 8 heteroatoms. The summed E-state index contributed by atoms with van der Waals surface area (Å²) < 4.78 is 40.5. The molecule has 0 bridgehead atoms. The van der Waals surface area contributed by atoms with Crippen LogP contribution in [0.2, 0.25) is 0 Å². The number of carbonyl (C=O) groups excluding carboxylic acids is 1. The molecule has 7 atom stereocenters. The first-order valence-corrected chi connectivity index (χ1v) is 11.4. The van der Waals surface area contributed by atoms with Crippen LogP contribution < -0.4 is 0 Å². The van der Waals surface area contributed by atoms with Gasteiger partial charge < -0.3 is 33.2 Å². The highest BCUT2D eigenvalue weighted by atomic mass is 16.7. The van der Waals surface area contributed by atoms with Gasteiger partial charge in [-0.05, 0) is 27.7 Å². The third kappa shape index (κ3) is 6.30. The second-order valence-electron chi connectivity index (χ2n) is 9.80. The highest BCUT2D eigenvalue weighted by molar-refractivity contribution is 5.79. The van der Waals surface area contributed by atoms with Gasteiger partial charge in [-0.25, -0.2) is 0 Å². The number of hydrogen-bond donors (Lipinski definition) is 0. The number of rotatable bonds is 12. The van der Waals surface area contributed by atoms with E-state index in [1.165, 1.54) is 0 Å². The van der Waals surface area contributed by atoms with E-state index in [0.29, 0.717) is 19.6 Å². The first kappa shape index (κ1) is 27.2. The van der Waals surface area contributed by atoms with E-state index in [-0.39, 0.29) is 36.8 Å². The Morgan fingerprint density at radius 1 is 1.12 bits per heavy atom. The monoisotopic (exact) mass is 458 g/mol. The van der Waals surface area contributed by atoms with E-state index in [4.69, 9.17) is 33.2 Å². The molecule has 8 nitrogen and oxygen atoms in total. The van der Waals surface area contributed by atoms with Crippen molar-refractivity contribution in [2.75, 3.05) is 34.2 Å². The van der Waals surface area contributed by atoms with Crippen molar-refractivity contribution in [3.05, 3.63) is 12.7 Å². The van der Waals surface area contributed by atoms with Crippen molar-refractivity contribution in [3.63, 3.8) is 0 Å². The first-order valence-electron chi connectivity index (χ1n) is 11.4. The molecule has 186 valence electrons. The van der Waals surface area contributed by atoms with Crippen molar-refractivity contribution in [1.82, 2.24) is 0 Å². The zero-order chi connectivity index (χ0) is 24.1. The van der Waals surface area contributed by atoms with Gasteiger partial charge in [0, 0.05) is 32.5 Å². The summed E-state index contributed by atoms with van der Waals surface area (Å²) in [5, 5.41) is 0. The molecule has 2 saturated heterocycles. The molecule has 0 aromatic heterocycles. The molecule has 32 heavy (non-hydrogen) atoms. The smallest absolute Gasteiger partial charge is 0.314 e. The van der Waals surface area contributed by atoms with Gasteiger partial charge in [-0.1, -0.05) is 19.9 Å². The van der Waals surface area contributed by atoms with Gasteiger partial charge in [0.1, 0.15) is 12.9 Å². The highest BCUT2D eigenvalue weighted by Gasteiger charge is 2.56. The second-order valence-corrected chi connectivity index (χ2v) is 9.80. The van der Waals surface area contributed by atoms with Crippen molar-refractivity contribution in [3.8, 4) is 0 Å². The molecule has 0 aromatic rings. The predicted molar refractivity (Wildman–Crippen MR) is 119 cm³/mol. The molecule has 2 aliphatic heterocycles. The maximum absolute atomic E-state index is 12.6. The summed E-state index contributed by atoms with van der Waals surface area (Å²) in [5.41, 5.74) is -0.826. The average Bonchev–Trinajstić information content (AvgIpc) is 2.96. The largest absolute Gasteiger partial charge is 0.456 e. The lowest BCUT2D eigenvalue weighted by atomic mass is 9.81. The summed E-state index contributed by atoms with van der Waals surface area (Å²) in [7, 11) is 3.23. The fourth-order valence-electron chi connectivity index (χ4n) is 4.48. The predicted octanol–water partition coefficient (Wildman–Crippen LogP) is 3.33. The molecule has 0 aromatic carbocycles. The van der Waals surface area contributed by atoms with Crippen molar-refractivity contribution >= 4 is 5.97 Å². The number of carbonyl (C=O) groups is 1. The molecule has 2 heterocycles. The van der Waals surface area contributed by atoms with Crippen molar-refractivity contribution in [2.45, 2.75) is 84.3 Å². The Hall–Kier alpha value is -1.03. The maximum atomic E-state index is 12.6. The number of methoxy groups -OCH3 is 2. The van der Waals surface area contributed by atoms with Gasteiger partial charge in [0.05, 0.1) is 36.9 Å². The SMILES string of the molecule is C=C[C@@H](C)[C@H]1OC(C)(C)O[C@@H](C[C@H](OC)[C@H]2OC(=O)C(C)(C)[C@H]2OCOCCOC)[C@@H]1C. The van der Waals surface area contributed by atoms with Crippen LogP contribution in [-0.4, -0.2) is 76.5 Å². The minimum atomic E-state index is -0.826. The van der Waals surface area contributed by atoms with Gasteiger partial charge in [-0.15, -0.1) is 6.58 Å². The minimum absolute atomic E-state index is 0.0388. The normalized spacial score (nSPS) is 33.5. The van der Waals surface area contributed by atoms with E-state index in [0.717, 1.165) is 0 Å². The minimum Gasteiger partial charge on any atom is -0.456 e. The average molecular weight is 459 g/mol. The van der Waals surface area contributed by atoms with Gasteiger partial charge in [0.2, 0.25) is 0 Å². The lowest BCUT2D eigenvalue weighted by Crippen LogP contribution is -2.54. The number of ether oxygens (including phenoxy) is 7. The van der Waals surface area contributed by atoms with Crippen LogP contribution >= 0.6 is 0 Å². The summed E-state index contributed by atoms with van der Waals surface area (Å²) in [6, 6.07) is 0. The Bertz CT molecular complexity index is 619. The standard InChI is InChI=1S/C24H42O8/c1-10-15(2)19-16(3)17(31-24(6,7)32-19)13-18(27-9)20-21(23(4,5)22(25)30-20)29-14-28-12-11-26-8/h10,15-21H,1,11-14H2,2-9H3/t15-,16+,17+,18+,19-,20-,21+/m1/s1. The first-order chi connectivity index (χ1) is 15.0. The van der Waals surface area contributed by atoms with E-state index < -0.39 is 29.5 Å². The number of hydrogen-bond acceptors (Lipinski definition) is 8. The quantitative estimate of drug-likeness (QED) is 0.191. The van der Waals surface area contributed by atoms with E-state index in [9.17, 15) is 4.79 Å². The van der Waals surface area contributed by atoms with E-state index >= 15 is 0 Å². The number of esters is 1. The van der Waals surface area contributed by atoms with Gasteiger partial charge in [-0.3, -0.25) is 4.79 Å². The van der Waals surface area contributed by atoms with Crippen molar-refractivity contribution in [2.24, 2.45) is 17.3 Å². The highest BCUT2D eigenvalue weighted by Crippen LogP contribution is 2.41. The molecular formula is C24H42O8. The summed E-state index contributed by atoms with van der Waals surface area (Å²) >= 11 is 0. The zero-order valence-electron chi connectivity index (χ0n) is 20.9. The second kappa shape index (κ2) is 11.4. The fraction of sp³-hybridized carbons (Fsp3) is 0.875. The third-order valence-corrected chi connectivity index (χ3v) is 6.53. The molecule has 2 aliphatic rings. The van der Waals surface area contributed by atoms with Gasteiger partial charge in [0.25, 0.3) is 0 Å². The van der Waals surface area contributed by atoms with Crippen LogP contribution in [0.15, 0.2) is 12.7 Å². The fourth-order valence-corrected chi connectivity index (χ4v) is 4.48. The van der Waals surface area contributed by atoms with Crippen LogP contribution in [0.5, 0.6) is 0 Å². The summed E-state index contributed by atoms with van der Waals surface area (Å²) in [5.74, 6) is -0.796. The Labute approximate surface area is 192 Å². The van der Waals surface area contributed by atoms with E-state index in [1.807, 2.05) is 33.8 Å². The van der Waals surface area contributed by atoms with Crippen LogP contribution in [0.3, 0.4) is 0 Å². The molecule has 0 saturated carbocycles. The van der Waals surface area contributed by atoms with Gasteiger partial charge in [0.15, 0.2) is 11.9 Å². The van der Waals surface area contributed by atoms with Crippen LogP contribution in [-0.2, 0) is 38.0 Å².